The summed E-state index contributed by atoms with van der Waals surface area (Å²) in [5, 5.41) is 0. The minimum Gasteiger partial charge on any atom is -0.459 e. The lowest BCUT2D eigenvalue weighted by molar-refractivity contribution is -0.225. The molecule has 0 aromatic heterocycles. The number of halogens is 1. The van der Waals surface area contributed by atoms with Gasteiger partial charge < -0.3 is 14.2 Å². The van der Waals surface area contributed by atoms with Gasteiger partial charge in [0.2, 0.25) is 5.79 Å². The second-order valence-corrected chi connectivity index (χ2v) is 13.3. The maximum absolute atomic E-state index is 14.0. The third-order valence-corrected chi connectivity index (χ3v) is 9.29. The van der Waals surface area contributed by atoms with Crippen molar-refractivity contribution in [1.29, 1.82) is 0 Å². The molecule has 2 aromatic rings. The number of rotatable bonds is 9. The molecule has 5 nitrogen and oxygen atoms in total. The van der Waals surface area contributed by atoms with Crippen LogP contribution in [0, 0.1) is 5.92 Å². The van der Waals surface area contributed by atoms with E-state index < -0.39 is 22.7 Å². The smallest absolute Gasteiger partial charge is 0.336 e. The molecule has 0 radical (unpaired) electrons. The number of Topliss-reactive ketones (excluding diaryl/α,β-unsaturated/α-hetero) is 1. The summed E-state index contributed by atoms with van der Waals surface area (Å²) in [5.74, 6) is -1.97. The molecule has 1 aliphatic carbocycles. The molecular formula is C39H43ClO5. The molecule has 5 rings (SSSR count). The number of ether oxygens (including phenoxy) is 3. The number of fused-ring (bicyclic) bond motifs is 1. The highest BCUT2D eigenvalue weighted by molar-refractivity contribution is 6.36. The van der Waals surface area contributed by atoms with Gasteiger partial charge in [-0.1, -0.05) is 101 Å². The number of allylic oxidation sites excluding steroid dienone is 4. The number of ketones is 1. The topological polar surface area (TPSA) is 61.8 Å². The second-order valence-electron chi connectivity index (χ2n) is 12.8. The van der Waals surface area contributed by atoms with Gasteiger partial charge in [0.1, 0.15) is 6.61 Å². The van der Waals surface area contributed by atoms with Gasteiger partial charge in [-0.05, 0) is 94.4 Å². The Hall–Kier alpha value is -3.51. The van der Waals surface area contributed by atoms with Gasteiger partial charge in [-0.2, -0.15) is 0 Å². The van der Waals surface area contributed by atoms with Crippen LogP contribution in [-0.2, 0) is 28.7 Å². The molecular weight excluding hydrogens is 584 g/mol. The Kier molecular flexibility index (Phi) is 10.1. The van der Waals surface area contributed by atoms with E-state index in [2.05, 4.69) is 39.8 Å². The van der Waals surface area contributed by atoms with Crippen LogP contribution in [0.4, 0.5) is 0 Å². The maximum Gasteiger partial charge on any atom is 0.336 e. The third-order valence-electron chi connectivity index (χ3n) is 8.70. The highest BCUT2D eigenvalue weighted by Gasteiger charge is 2.47. The molecule has 3 aliphatic rings. The molecule has 0 saturated heterocycles. The lowest BCUT2D eigenvalue weighted by Gasteiger charge is -2.45. The molecule has 0 N–H and O–H groups in total. The Morgan fingerprint density at radius 1 is 0.978 bits per heavy atom. The van der Waals surface area contributed by atoms with Gasteiger partial charge in [0.25, 0.3) is 0 Å². The van der Waals surface area contributed by atoms with Crippen molar-refractivity contribution in [2.45, 2.75) is 83.2 Å². The number of carbonyl (C=O) groups excluding carboxylic acids is 2. The van der Waals surface area contributed by atoms with E-state index in [9.17, 15) is 9.59 Å². The van der Waals surface area contributed by atoms with Gasteiger partial charge in [-0.3, -0.25) is 4.79 Å². The standard InChI is InChI=1S/C39H43ClO5/c1-26(2)13-12-14-27(3)19-33-20-28(4)23-38(44-33)24-30(34-22-35(41)29(5)21-36(34)45-38)25-43-37(42)39(40,31-15-8-6-9-16-31)32-17-10-7-11-18-32/h6-11,13,15-19,21,23-24,33-34,36H,12,14,20,22,25H2,1-5H3/b27-19+/t33-,34-,36-,38+/m1/s1. The minimum atomic E-state index is -1.54. The quantitative estimate of drug-likeness (QED) is 0.158. The predicted molar refractivity (Wildman–Crippen MR) is 179 cm³/mol. The van der Waals surface area contributed by atoms with Crippen molar-refractivity contribution in [1.82, 2.24) is 0 Å². The number of hydrogen-bond acceptors (Lipinski definition) is 5. The molecule has 45 heavy (non-hydrogen) atoms. The van der Waals surface area contributed by atoms with Gasteiger partial charge in [0, 0.05) is 12.3 Å². The zero-order valence-corrected chi connectivity index (χ0v) is 27.6. The number of esters is 1. The predicted octanol–water partition coefficient (Wildman–Crippen LogP) is 8.70. The van der Waals surface area contributed by atoms with Crippen LogP contribution in [0.1, 0.15) is 71.4 Å². The number of alkyl halides is 1. The second kappa shape index (κ2) is 13.9. The fourth-order valence-corrected chi connectivity index (χ4v) is 6.70. The zero-order chi connectivity index (χ0) is 32.2. The first-order chi connectivity index (χ1) is 21.5. The molecule has 0 unspecified atom stereocenters. The van der Waals surface area contributed by atoms with Crippen molar-refractivity contribution in [3.05, 3.63) is 130 Å². The highest BCUT2D eigenvalue weighted by Crippen LogP contribution is 2.44. The van der Waals surface area contributed by atoms with E-state index in [1.54, 1.807) is 0 Å². The SMILES string of the molecule is CC(C)=CCC/C(C)=C/[C@@H]1CC(C)=C[C@]2(C=C(COC(=O)C(Cl)(c3ccccc3)c3ccccc3)[C@H]3CC(=O)C(C)=C[C@H]3O2)O1. The molecule has 6 heteroatoms. The monoisotopic (exact) mass is 626 g/mol. The maximum atomic E-state index is 14.0. The summed E-state index contributed by atoms with van der Waals surface area (Å²) in [6.45, 7) is 10.2. The summed E-state index contributed by atoms with van der Waals surface area (Å²) < 4.78 is 19.4. The Bertz CT molecular complexity index is 1520. The zero-order valence-electron chi connectivity index (χ0n) is 26.8. The average molecular weight is 627 g/mol. The average Bonchev–Trinajstić information content (AvgIpc) is 3.00. The fourth-order valence-electron chi connectivity index (χ4n) is 6.39. The molecule has 0 fully saturated rings. The molecule has 2 aliphatic heterocycles. The first-order valence-corrected chi connectivity index (χ1v) is 16.1. The summed E-state index contributed by atoms with van der Waals surface area (Å²) in [6, 6.07) is 18.5. The van der Waals surface area contributed by atoms with Crippen LogP contribution in [0.25, 0.3) is 0 Å². The van der Waals surface area contributed by atoms with E-state index >= 15 is 0 Å². The lowest BCUT2D eigenvalue weighted by Crippen LogP contribution is -2.49. The van der Waals surface area contributed by atoms with E-state index in [0.717, 1.165) is 30.4 Å². The number of carbonyl (C=O) groups is 2. The summed E-state index contributed by atoms with van der Waals surface area (Å²) in [4.78, 5) is 25.3. The van der Waals surface area contributed by atoms with E-state index in [4.69, 9.17) is 25.8 Å². The van der Waals surface area contributed by atoms with Gasteiger partial charge >= 0.3 is 5.97 Å². The van der Waals surface area contributed by atoms with Crippen LogP contribution in [-0.4, -0.2) is 36.4 Å². The summed E-state index contributed by atoms with van der Waals surface area (Å²) in [6.07, 6.45) is 12.6. The minimum absolute atomic E-state index is 0.0438. The van der Waals surface area contributed by atoms with Crippen molar-refractivity contribution in [2.24, 2.45) is 5.92 Å². The van der Waals surface area contributed by atoms with E-state index in [1.807, 2.05) is 85.8 Å². The van der Waals surface area contributed by atoms with E-state index in [-0.39, 0.29) is 30.8 Å². The Morgan fingerprint density at radius 3 is 2.24 bits per heavy atom. The highest BCUT2D eigenvalue weighted by atomic mass is 35.5. The van der Waals surface area contributed by atoms with Crippen LogP contribution in [0.2, 0.25) is 0 Å². The normalized spacial score (nSPS) is 25.1. The largest absolute Gasteiger partial charge is 0.459 e. The Labute approximate surface area is 272 Å². The van der Waals surface area contributed by atoms with Crippen molar-refractivity contribution in [2.75, 3.05) is 6.61 Å². The summed E-state index contributed by atoms with van der Waals surface area (Å²) >= 11 is 7.19. The molecule has 0 bridgehead atoms. The van der Waals surface area contributed by atoms with Crippen LogP contribution in [0.5, 0.6) is 0 Å². The molecule has 0 amide bonds. The van der Waals surface area contributed by atoms with Crippen molar-refractivity contribution < 1.29 is 23.8 Å². The Balaban J connectivity index is 1.45. The molecule has 4 atom stereocenters. The lowest BCUT2D eigenvalue weighted by atomic mass is 9.79. The van der Waals surface area contributed by atoms with Crippen LogP contribution < -0.4 is 0 Å². The van der Waals surface area contributed by atoms with Crippen molar-refractivity contribution in [3.63, 3.8) is 0 Å². The number of hydrogen-bond donors (Lipinski definition) is 0. The third kappa shape index (κ3) is 7.49. The molecule has 1 spiro atoms. The van der Waals surface area contributed by atoms with Crippen molar-refractivity contribution >= 4 is 23.4 Å². The van der Waals surface area contributed by atoms with Crippen LogP contribution in [0.3, 0.4) is 0 Å². The summed E-state index contributed by atoms with van der Waals surface area (Å²) in [5.41, 5.74) is 6.40. The fraction of sp³-hybridized carbons (Fsp3) is 0.385. The van der Waals surface area contributed by atoms with Gasteiger partial charge in [-0.15, -0.1) is 0 Å². The molecule has 2 heterocycles. The van der Waals surface area contributed by atoms with Gasteiger partial charge in [0.15, 0.2) is 10.7 Å². The first kappa shape index (κ1) is 32.9. The molecule has 2 aromatic carbocycles. The van der Waals surface area contributed by atoms with Gasteiger partial charge in [0.05, 0.1) is 12.2 Å². The first-order valence-electron chi connectivity index (χ1n) is 15.7. The van der Waals surface area contributed by atoms with Crippen molar-refractivity contribution in [3.8, 4) is 0 Å². The molecule has 236 valence electrons. The number of benzene rings is 2. The van der Waals surface area contributed by atoms with E-state index in [0.29, 0.717) is 16.7 Å². The molecule has 0 saturated carbocycles. The van der Waals surface area contributed by atoms with Crippen LogP contribution >= 0.6 is 11.6 Å². The van der Waals surface area contributed by atoms with E-state index in [1.165, 1.54) is 11.1 Å². The summed E-state index contributed by atoms with van der Waals surface area (Å²) in [7, 11) is 0. The van der Waals surface area contributed by atoms with Gasteiger partial charge in [-0.25, -0.2) is 4.79 Å². The Morgan fingerprint density at radius 2 is 1.62 bits per heavy atom. The van der Waals surface area contributed by atoms with Crippen LogP contribution in [0.15, 0.2) is 119 Å².